The number of carbonyl (C=O) groups is 3. The molecule has 1 rings (SSSR count). The van der Waals surface area contributed by atoms with Crippen molar-refractivity contribution >= 4 is 17.9 Å². The Labute approximate surface area is 108 Å². The molecule has 0 aromatic carbocycles. The third-order valence-electron chi connectivity index (χ3n) is 2.12. The van der Waals surface area contributed by atoms with E-state index in [0.29, 0.717) is 5.69 Å². The van der Waals surface area contributed by atoms with Crippen LogP contribution in [-0.4, -0.2) is 34.1 Å². The predicted octanol–water partition coefficient (Wildman–Crippen LogP) is 0.0504. The smallest absolute Gasteiger partial charge is 0.358 e. The van der Waals surface area contributed by atoms with Crippen LogP contribution in [0.5, 0.6) is 5.75 Å². The van der Waals surface area contributed by atoms with Gasteiger partial charge in [-0.25, -0.2) is 14.6 Å². The molecule has 0 radical (unpaired) electrons. The van der Waals surface area contributed by atoms with Crippen molar-refractivity contribution in [2.75, 3.05) is 0 Å². The quantitative estimate of drug-likeness (QED) is 0.706. The standard InChI is InChI=1S/C11H13N3O5/c1-5-3-4-7(8(13-5)10(16)17)19-6(2)9(15)14-11(12)18/h3-4,6H,1-2H3,(H,16,17)(H3,12,14,15,18). The van der Waals surface area contributed by atoms with Gasteiger partial charge in [0.05, 0.1) is 0 Å². The maximum absolute atomic E-state index is 11.4. The molecule has 1 aromatic rings. The molecule has 19 heavy (non-hydrogen) atoms. The molecule has 0 bridgehead atoms. The van der Waals surface area contributed by atoms with Crippen molar-refractivity contribution in [3.63, 3.8) is 0 Å². The number of nitrogens with two attached hydrogens (primary N) is 1. The number of aromatic carboxylic acids is 1. The van der Waals surface area contributed by atoms with Crippen molar-refractivity contribution in [2.24, 2.45) is 5.73 Å². The van der Waals surface area contributed by atoms with Crippen LogP contribution in [0.4, 0.5) is 4.79 Å². The summed E-state index contributed by atoms with van der Waals surface area (Å²) in [4.78, 5) is 36.7. The lowest BCUT2D eigenvalue weighted by Gasteiger charge is -2.14. The largest absolute Gasteiger partial charge is 0.478 e. The summed E-state index contributed by atoms with van der Waals surface area (Å²) in [5, 5.41) is 10.8. The normalized spacial score (nSPS) is 11.5. The van der Waals surface area contributed by atoms with Gasteiger partial charge in [-0.3, -0.25) is 10.1 Å². The van der Waals surface area contributed by atoms with E-state index in [-0.39, 0.29) is 11.4 Å². The Bertz CT molecular complexity index is 529. The Morgan fingerprint density at radius 2 is 2.05 bits per heavy atom. The minimum atomic E-state index is -1.28. The van der Waals surface area contributed by atoms with Gasteiger partial charge >= 0.3 is 12.0 Å². The molecule has 0 aliphatic heterocycles. The highest BCUT2D eigenvalue weighted by Crippen LogP contribution is 2.18. The number of carboxylic acid groups (broad SMARTS) is 1. The highest BCUT2D eigenvalue weighted by atomic mass is 16.5. The van der Waals surface area contributed by atoms with E-state index in [2.05, 4.69) is 4.98 Å². The van der Waals surface area contributed by atoms with Crippen molar-refractivity contribution in [3.05, 3.63) is 23.5 Å². The second-order valence-corrected chi connectivity index (χ2v) is 3.72. The fourth-order valence-corrected chi connectivity index (χ4v) is 1.26. The van der Waals surface area contributed by atoms with Crippen LogP contribution in [0, 0.1) is 6.92 Å². The third-order valence-corrected chi connectivity index (χ3v) is 2.12. The first-order valence-corrected chi connectivity index (χ1v) is 5.29. The molecule has 0 fully saturated rings. The molecule has 1 heterocycles. The maximum atomic E-state index is 11.4. The van der Waals surface area contributed by atoms with Gasteiger partial charge in [-0.15, -0.1) is 0 Å². The summed E-state index contributed by atoms with van der Waals surface area (Å²) in [6.45, 7) is 2.98. The zero-order valence-corrected chi connectivity index (χ0v) is 10.3. The Morgan fingerprint density at radius 1 is 1.42 bits per heavy atom. The van der Waals surface area contributed by atoms with E-state index in [0.717, 1.165) is 0 Å². The molecule has 0 spiro atoms. The van der Waals surface area contributed by atoms with E-state index < -0.39 is 24.0 Å². The number of hydrogen-bond acceptors (Lipinski definition) is 5. The molecule has 1 unspecified atom stereocenters. The van der Waals surface area contributed by atoms with Gasteiger partial charge in [0.15, 0.2) is 17.5 Å². The van der Waals surface area contributed by atoms with Crippen LogP contribution in [0.3, 0.4) is 0 Å². The van der Waals surface area contributed by atoms with Gasteiger partial charge in [-0.2, -0.15) is 0 Å². The fraction of sp³-hybridized carbons (Fsp3) is 0.273. The molecule has 1 aromatic heterocycles. The number of nitrogens with zero attached hydrogens (tertiary/aromatic N) is 1. The molecule has 3 amide bonds. The molecule has 0 saturated carbocycles. The number of aryl methyl sites for hydroxylation is 1. The number of imide groups is 1. The van der Waals surface area contributed by atoms with Gasteiger partial charge in [0.1, 0.15) is 0 Å². The van der Waals surface area contributed by atoms with Gasteiger partial charge in [0, 0.05) is 5.69 Å². The number of hydrogen-bond donors (Lipinski definition) is 3. The molecule has 0 aliphatic rings. The minimum Gasteiger partial charge on any atom is -0.478 e. The fourth-order valence-electron chi connectivity index (χ4n) is 1.26. The minimum absolute atomic E-state index is 0.0646. The number of pyridine rings is 1. The van der Waals surface area contributed by atoms with E-state index in [1.54, 1.807) is 13.0 Å². The van der Waals surface area contributed by atoms with E-state index >= 15 is 0 Å². The molecule has 8 nitrogen and oxygen atoms in total. The van der Waals surface area contributed by atoms with Gasteiger partial charge in [-0.1, -0.05) is 0 Å². The Hall–Kier alpha value is -2.64. The third kappa shape index (κ3) is 3.95. The second-order valence-electron chi connectivity index (χ2n) is 3.72. The number of nitrogens with one attached hydrogen (secondary N) is 1. The Morgan fingerprint density at radius 3 is 2.58 bits per heavy atom. The Kier molecular flexibility index (Phi) is 4.41. The van der Waals surface area contributed by atoms with Crippen LogP contribution in [0.15, 0.2) is 12.1 Å². The molecule has 0 aliphatic carbocycles. The van der Waals surface area contributed by atoms with Crippen molar-refractivity contribution in [3.8, 4) is 5.75 Å². The first kappa shape index (κ1) is 14.4. The highest BCUT2D eigenvalue weighted by molar-refractivity contribution is 5.96. The first-order valence-electron chi connectivity index (χ1n) is 5.29. The number of aromatic nitrogens is 1. The van der Waals surface area contributed by atoms with Crippen LogP contribution in [0.25, 0.3) is 0 Å². The van der Waals surface area contributed by atoms with Gasteiger partial charge in [0.2, 0.25) is 0 Å². The average Bonchev–Trinajstić information content (AvgIpc) is 2.30. The molecule has 4 N–H and O–H groups in total. The topological polar surface area (TPSA) is 132 Å². The van der Waals surface area contributed by atoms with E-state index in [9.17, 15) is 14.4 Å². The van der Waals surface area contributed by atoms with Crippen LogP contribution >= 0.6 is 0 Å². The van der Waals surface area contributed by atoms with Gasteiger partial charge in [-0.05, 0) is 26.0 Å². The summed E-state index contributed by atoms with van der Waals surface area (Å²) in [5.41, 5.74) is 4.98. The van der Waals surface area contributed by atoms with E-state index in [1.807, 2.05) is 5.32 Å². The maximum Gasteiger partial charge on any atom is 0.358 e. The summed E-state index contributed by atoms with van der Waals surface area (Å²) in [5.74, 6) is -2.11. The number of carboxylic acids is 1. The van der Waals surface area contributed by atoms with Crippen LogP contribution in [0.1, 0.15) is 23.1 Å². The number of rotatable bonds is 4. The first-order chi connectivity index (χ1) is 8.81. The molecule has 8 heteroatoms. The number of carbonyl (C=O) groups excluding carboxylic acids is 2. The lowest BCUT2D eigenvalue weighted by Crippen LogP contribution is -2.42. The molecular weight excluding hydrogens is 254 g/mol. The van der Waals surface area contributed by atoms with Crippen molar-refractivity contribution in [2.45, 2.75) is 20.0 Å². The summed E-state index contributed by atoms with van der Waals surface area (Å²) in [6.07, 6.45) is -1.09. The average molecular weight is 267 g/mol. The summed E-state index contributed by atoms with van der Waals surface area (Å²) < 4.78 is 5.16. The molecule has 0 saturated heterocycles. The lowest BCUT2D eigenvalue weighted by molar-refractivity contribution is -0.126. The van der Waals surface area contributed by atoms with Crippen molar-refractivity contribution < 1.29 is 24.2 Å². The monoisotopic (exact) mass is 267 g/mol. The van der Waals surface area contributed by atoms with Crippen molar-refractivity contribution in [1.82, 2.24) is 10.3 Å². The summed E-state index contributed by atoms with van der Waals surface area (Å²) >= 11 is 0. The highest BCUT2D eigenvalue weighted by Gasteiger charge is 2.20. The van der Waals surface area contributed by atoms with Gasteiger partial charge in [0.25, 0.3) is 5.91 Å². The second kappa shape index (κ2) is 5.80. The molecular formula is C11H13N3O5. The Balaban J connectivity index is 2.90. The van der Waals surface area contributed by atoms with E-state index in [4.69, 9.17) is 15.6 Å². The number of ether oxygens (including phenoxy) is 1. The predicted molar refractivity (Wildman–Crippen MR) is 63.7 cm³/mol. The van der Waals surface area contributed by atoms with Crippen molar-refractivity contribution in [1.29, 1.82) is 0 Å². The van der Waals surface area contributed by atoms with Crippen LogP contribution in [-0.2, 0) is 4.79 Å². The zero-order chi connectivity index (χ0) is 14.6. The number of amides is 3. The molecule has 1 atom stereocenters. The SMILES string of the molecule is Cc1ccc(OC(C)C(=O)NC(N)=O)c(C(=O)O)n1. The summed E-state index contributed by atoms with van der Waals surface area (Å²) in [6, 6.07) is 1.92. The van der Waals surface area contributed by atoms with Crippen LogP contribution in [0.2, 0.25) is 0 Å². The number of primary amides is 1. The number of urea groups is 1. The lowest BCUT2D eigenvalue weighted by atomic mass is 10.2. The summed E-state index contributed by atoms with van der Waals surface area (Å²) in [7, 11) is 0. The van der Waals surface area contributed by atoms with E-state index in [1.165, 1.54) is 13.0 Å². The zero-order valence-electron chi connectivity index (χ0n) is 10.3. The van der Waals surface area contributed by atoms with Crippen LogP contribution < -0.4 is 15.8 Å². The van der Waals surface area contributed by atoms with Gasteiger partial charge < -0.3 is 15.6 Å². The molecule has 102 valence electrons.